The first kappa shape index (κ1) is 20.6. The third-order valence-corrected chi connectivity index (χ3v) is 5.32. The van der Waals surface area contributed by atoms with E-state index in [2.05, 4.69) is 5.32 Å². The van der Waals surface area contributed by atoms with Crippen LogP contribution in [0.3, 0.4) is 0 Å². The van der Waals surface area contributed by atoms with E-state index < -0.39 is 10.0 Å². The molecule has 1 amide bonds. The van der Waals surface area contributed by atoms with Gasteiger partial charge in [-0.15, -0.1) is 0 Å². The van der Waals surface area contributed by atoms with Crippen LogP contribution in [0.25, 0.3) is 0 Å². The van der Waals surface area contributed by atoms with Crippen molar-refractivity contribution in [3.05, 3.63) is 53.6 Å². The molecule has 0 spiro atoms. The van der Waals surface area contributed by atoms with Crippen LogP contribution < -0.4 is 19.1 Å². The van der Waals surface area contributed by atoms with Gasteiger partial charge in [0.2, 0.25) is 10.0 Å². The van der Waals surface area contributed by atoms with Crippen molar-refractivity contribution in [2.45, 2.75) is 6.42 Å². The second kappa shape index (κ2) is 8.77. The van der Waals surface area contributed by atoms with E-state index in [4.69, 9.17) is 9.47 Å². The number of nitrogens with zero attached hydrogens (tertiary/aromatic N) is 1. The standard InChI is InChI=1S/C19H24N2O5S/c1-21(27(4,23)24)16-8-6-5-7-15(16)19(22)20-12-11-14-9-10-17(25-2)18(13-14)26-3/h5-10,13H,11-12H2,1-4H3,(H,20,22). The number of para-hydroxylation sites is 1. The lowest BCUT2D eigenvalue weighted by Gasteiger charge is -2.19. The third-order valence-electron chi connectivity index (χ3n) is 4.13. The average molecular weight is 392 g/mol. The Labute approximate surface area is 160 Å². The van der Waals surface area contributed by atoms with Gasteiger partial charge in [0, 0.05) is 13.6 Å². The zero-order valence-corrected chi connectivity index (χ0v) is 16.7. The third kappa shape index (κ3) is 5.13. The van der Waals surface area contributed by atoms with Crippen LogP contribution in [0, 0.1) is 0 Å². The van der Waals surface area contributed by atoms with Gasteiger partial charge in [0.25, 0.3) is 5.91 Å². The lowest BCUT2D eigenvalue weighted by molar-refractivity contribution is 0.0955. The van der Waals surface area contributed by atoms with Crippen LogP contribution in [0.4, 0.5) is 5.69 Å². The number of ether oxygens (including phenoxy) is 2. The van der Waals surface area contributed by atoms with Crippen molar-refractivity contribution in [3.8, 4) is 11.5 Å². The molecule has 0 bridgehead atoms. The summed E-state index contributed by atoms with van der Waals surface area (Å²) in [6.07, 6.45) is 1.69. The molecule has 2 rings (SSSR count). The Morgan fingerprint density at radius 1 is 1.07 bits per heavy atom. The Morgan fingerprint density at radius 3 is 2.37 bits per heavy atom. The summed E-state index contributed by atoms with van der Waals surface area (Å²) < 4.78 is 35.2. The van der Waals surface area contributed by atoms with Gasteiger partial charge in [-0.25, -0.2) is 8.42 Å². The van der Waals surface area contributed by atoms with Gasteiger partial charge >= 0.3 is 0 Å². The monoisotopic (exact) mass is 392 g/mol. The highest BCUT2D eigenvalue weighted by molar-refractivity contribution is 7.92. The van der Waals surface area contributed by atoms with Crippen molar-refractivity contribution >= 4 is 21.6 Å². The van der Waals surface area contributed by atoms with E-state index in [1.165, 1.54) is 7.05 Å². The zero-order valence-electron chi connectivity index (χ0n) is 15.9. The number of anilines is 1. The number of methoxy groups -OCH3 is 2. The molecule has 27 heavy (non-hydrogen) atoms. The van der Waals surface area contributed by atoms with E-state index in [-0.39, 0.29) is 5.91 Å². The van der Waals surface area contributed by atoms with Crippen LogP contribution >= 0.6 is 0 Å². The fraction of sp³-hybridized carbons (Fsp3) is 0.316. The highest BCUT2D eigenvalue weighted by atomic mass is 32.2. The van der Waals surface area contributed by atoms with Crippen LogP contribution in [0.5, 0.6) is 11.5 Å². The number of rotatable bonds is 8. The fourth-order valence-electron chi connectivity index (χ4n) is 2.57. The Hall–Kier alpha value is -2.74. The van der Waals surface area contributed by atoms with E-state index in [1.807, 2.05) is 18.2 Å². The quantitative estimate of drug-likeness (QED) is 0.743. The van der Waals surface area contributed by atoms with Gasteiger partial charge in [0.05, 0.1) is 31.7 Å². The molecule has 0 aromatic heterocycles. The fourth-order valence-corrected chi connectivity index (χ4v) is 3.09. The first-order valence-electron chi connectivity index (χ1n) is 8.30. The molecule has 1 N–H and O–H groups in total. The maximum absolute atomic E-state index is 12.5. The molecule has 8 heteroatoms. The number of nitrogens with one attached hydrogen (secondary N) is 1. The molecule has 0 heterocycles. The van der Waals surface area contributed by atoms with E-state index in [0.717, 1.165) is 16.1 Å². The Morgan fingerprint density at radius 2 is 1.74 bits per heavy atom. The molecule has 2 aromatic carbocycles. The van der Waals surface area contributed by atoms with Gasteiger partial charge in [-0.05, 0) is 36.2 Å². The number of amides is 1. The average Bonchev–Trinajstić information content (AvgIpc) is 2.66. The summed E-state index contributed by atoms with van der Waals surface area (Å²) in [7, 11) is 1.10. The molecular formula is C19H24N2O5S. The smallest absolute Gasteiger partial charge is 0.253 e. The SMILES string of the molecule is COc1ccc(CCNC(=O)c2ccccc2N(C)S(C)(=O)=O)cc1OC. The summed E-state index contributed by atoms with van der Waals surface area (Å²) in [6.45, 7) is 0.394. The predicted molar refractivity (Wildman–Crippen MR) is 105 cm³/mol. The molecule has 0 fully saturated rings. The van der Waals surface area contributed by atoms with Crippen LogP contribution in [0.1, 0.15) is 15.9 Å². The summed E-state index contributed by atoms with van der Waals surface area (Å²) in [5.41, 5.74) is 1.62. The van der Waals surface area contributed by atoms with Crippen molar-refractivity contribution in [1.29, 1.82) is 0 Å². The second-order valence-corrected chi connectivity index (χ2v) is 7.96. The highest BCUT2D eigenvalue weighted by Crippen LogP contribution is 2.27. The van der Waals surface area contributed by atoms with Gasteiger partial charge in [0.1, 0.15) is 0 Å². The summed E-state index contributed by atoms with van der Waals surface area (Å²) in [4.78, 5) is 12.5. The second-order valence-electron chi connectivity index (χ2n) is 5.94. The van der Waals surface area contributed by atoms with E-state index in [0.29, 0.717) is 35.7 Å². The molecule has 7 nitrogen and oxygen atoms in total. The number of benzene rings is 2. The minimum Gasteiger partial charge on any atom is -0.493 e. The van der Waals surface area contributed by atoms with E-state index in [1.54, 1.807) is 38.5 Å². The number of sulfonamides is 1. The van der Waals surface area contributed by atoms with Crippen LogP contribution in [0.15, 0.2) is 42.5 Å². The Bertz CT molecular complexity index is 912. The predicted octanol–water partition coefficient (Wildman–Crippen LogP) is 2.07. The Balaban J connectivity index is 2.07. The van der Waals surface area contributed by atoms with Gasteiger partial charge in [-0.2, -0.15) is 0 Å². The number of hydrogen-bond donors (Lipinski definition) is 1. The van der Waals surface area contributed by atoms with Gasteiger partial charge in [-0.1, -0.05) is 18.2 Å². The van der Waals surface area contributed by atoms with Crippen LogP contribution in [0.2, 0.25) is 0 Å². The molecule has 0 unspecified atom stereocenters. The normalized spacial score (nSPS) is 11.0. The molecule has 2 aromatic rings. The summed E-state index contributed by atoms with van der Waals surface area (Å²) in [6, 6.07) is 12.2. The molecule has 0 aliphatic heterocycles. The van der Waals surface area contributed by atoms with Gasteiger partial charge in [-0.3, -0.25) is 9.10 Å². The Kier molecular flexibility index (Phi) is 6.68. The van der Waals surface area contributed by atoms with E-state index in [9.17, 15) is 13.2 Å². The molecule has 146 valence electrons. The first-order chi connectivity index (χ1) is 12.8. The largest absolute Gasteiger partial charge is 0.493 e. The number of hydrogen-bond acceptors (Lipinski definition) is 5. The molecule has 0 atom stereocenters. The highest BCUT2D eigenvalue weighted by Gasteiger charge is 2.19. The topological polar surface area (TPSA) is 84.9 Å². The molecule has 0 saturated heterocycles. The van der Waals surface area contributed by atoms with Crippen molar-refractivity contribution in [2.24, 2.45) is 0 Å². The van der Waals surface area contributed by atoms with Crippen molar-refractivity contribution in [2.75, 3.05) is 38.4 Å². The lowest BCUT2D eigenvalue weighted by Crippen LogP contribution is -2.30. The van der Waals surface area contributed by atoms with Crippen molar-refractivity contribution in [1.82, 2.24) is 5.32 Å². The lowest BCUT2D eigenvalue weighted by atomic mass is 10.1. The number of carbonyl (C=O) groups excluding carboxylic acids is 1. The summed E-state index contributed by atoms with van der Waals surface area (Å²) in [5.74, 6) is 0.936. The van der Waals surface area contributed by atoms with Crippen LogP contribution in [-0.4, -0.2) is 48.4 Å². The van der Waals surface area contributed by atoms with Gasteiger partial charge in [0.15, 0.2) is 11.5 Å². The minimum atomic E-state index is -3.46. The maximum Gasteiger partial charge on any atom is 0.253 e. The minimum absolute atomic E-state index is 0.303. The molecular weight excluding hydrogens is 368 g/mol. The summed E-state index contributed by atoms with van der Waals surface area (Å²) >= 11 is 0. The molecule has 0 aliphatic rings. The van der Waals surface area contributed by atoms with Crippen molar-refractivity contribution < 1.29 is 22.7 Å². The number of carbonyl (C=O) groups is 1. The molecule has 0 saturated carbocycles. The van der Waals surface area contributed by atoms with Crippen molar-refractivity contribution in [3.63, 3.8) is 0 Å². The van der Waals surface area contributed by atoms with Gasteiger partial charge < -0.3 is 14.8 Å². The molecule has 0 radical (unpaired) electrons. The van der Waals surface area contributed by atoms with Crippen LogP contribution in [-0.2, 0) is 16.4 Å². The zero-order chi connectivity index (χ0) is 20.0. The van der Waals surface area contributed by atoms with E-state index >= 15 is 0 Å². The summed E-state index contributed by atoms with van der Waals surface area (Å²) in [5, 5.41) is 2.83. The first-order valence-corrected chi connectivity index (χ1v) is 10.1. The maximum atomic E-state index is 12.5. The molecule has 0 aliphatic carbocycles.